The maximum Gasteiger partial charge on any atom is 0.251 e. The molecule has 2 rings (SSSR count). The lowest BCUT2D eigenvalue weighted by Crippen LogP contribution is -2.52. The third kappa shape index (κ3) is 5.85. The number of carbonyl (C=O) groups excluding carboxylic acids is 1. The number of rotatable bonds is 7. The van der Waals surface area contributed by atoms with Crippen molar-refractivity contribution in [3.63, 3.8) is 0 Å². The van der Waals surface area contributed by atoms with Crippen molar-refractivity contribution < 1.29 is 4.79 Å². The van der Waals surface area contributed by atoms with Crippen molar-refractivity contribution in [2.75, 3.05) is 6.54 Å². The summed E-state index contributed by atoms with van der Waals surface area (Å²) in [6, 6.07) is 9.75. The Kier molecular flexibility index (Phi) is 7.85. The first kappa shape index (κ1) is 22.2. The van der Waals surface area contributed by atoms with E-state index in [2.05, 4.69) is 30.3 Å². The molecule has 144 valence electrons. The first-order valence-electron chi connectivity index (χ1n) is 8.85. The van der Waals surface area contributed by atoms with Crippen LogP contribution in [0.25, 0.3) is 0 Å². The number of amides is 1. The zero-order valence-corrected chi connectivity index (χ0v) is 17.2. The summed E-state index contributed by atoms with van der Waals surface area (Å²) in [6.45, 7) is 11.4. The van der Waals surface area contributed by atoms with Crippen molar-refractivity contribution in [3.05, 3.63) is 52.8 Å². The molecule has 6 heteroatoms. The highest BCUT2D eigenvalue weighted by molar-refractivity contribution is 5.94. The van der Waals surface area contributed by atoms with E-state index in [1.165, 1.54) is 0 Å². The van der Waals surface area contributed by atoms with Crippen LogP contribution in [-0.4, -0.2) is 27.8 Å². The lowest BCUT2D eigenvalue weighted by molar-refractivity contribution is 0.0898. The van der Waals surface area contributed by atoms with Crippen LogP contribution in [0.5, 0.6) is 0 Å². The van der Waals surface area contributed by atoms with E-state index in [9.17, 15) is 4.79 Å². The number of nitrogens with zero attached hydrogens (tertiary/aromatic N) is 2. The average Bonchev–Trinajstić information content (AvgIpc) is 2.84. The largest absolute Gasteiger partial charge is 0.346 e. The van der Waals surface area contributed by atoms with Gasteiger partial charge in [-0.2, -0.15) is 5.10 Å². The first-order valence-corrected chi connectivity index (χ1v) is 8.85. The highest BCUT2D eigenvalue weighted by atomic mass is 35.5. The molecule has 1 atom stereocenters. The van der Waals surface area contributed by atoms with Gasteiger partial charge in [0.1, 0.15) is 0 Å². The molecule has 0 spiro atoms. The van der Waals surface area contributed by atoms with E-state index in [4.69, 9.17) is 5.73 Å². The molecule has 0 bridgehead atoms. The highest BCUT2D eigenvalue weighted by Gasteiger charge is 2.26. The molecular weight excluding hydrogens is 348 g/mol. The molecule has 0 aliphatic rings. The standard InChI is InChI=1S/C20H30N4O.ClH/c1-14(2)11-20(5,13-21)22-19(25)18-8-6-17(7-9-18)12-24-16(4)10-15(3)23-24;/h6-10,14H,11-13,21H2,1-5H3,(H,22,25);1H. The van der Waals surface area contributed by atoms with Crippen molar-refractivity contribution in [2.45, 2.75) is 53.1 Å². The number of benzene rings is 1. The van der Waals surface area contributed by atoms with E-state index < -0.39 is 0 Å². The molecular formula is C20H31ClN4O. The number of nitrogens with two attached hydrogens (primary N) is 1. The molecule has 0 radical (unpaired) electrons. The topological polar surface area (TPSA) is 72.9 Å². The van der Waals surface area contributed by atoms with Gasteiger partial charge in [0.15, 0.2) is 0 Å². The van der Waals surface area contributed by atoms with Gasteiger partial charge >= 0.3 is 0 Å². The molecule has 0 saturated carbocycles. The number of aryl methyl sites for hydroxylation is 2. The van der Waals surface area contributed by atoms with E-state index in [1.54, 1.807) is 0 Å². The van der Waals surface area contributed by atoms with E-state index in [1.807, 2.05) is 49.7 Å². The molecule has 26 heavy (non-hydrogen) atoms. The molecule has 1 heterocycles. The van der Waals surface area contributed by atoms with Gasteiger partial charge < -0.3 is 11.1 Å². The average molecular weight is 379 g/mol. The number of hydrogen-bond donors (Lipinski definition) is 2. The lowest BCUT2D eigenvalue weighted by atomic mass is 9.90. The van der Waals surface area contributed by atoms with Gasteiger partial charge in [0, 0.05) is 23.3 Å². The van der Waals surface area contributed by atoms with Crippen molar-refractivity contribution in [1.82, 2.24) is 15.1 Å². The van der Waals surface area contributed by atoms with Crippen molar-refractivity contribution in [2.24, 2.45) is 11.7 Å². The fraction of sp³-hybridized carbons (Fsp3) is 0.500. The molecule has 1 aromatic carbocycles. The quantitative estimate of drug-likeness (QED) is 0.774. The van der Waals surface area contributed by atoms with Crippen molar-refractivity contribution in [1.29, 1.82) is 0 Å². The molecule has 5 nitrogen and oxygen atoms in total. The molecule has 0 aliphatic carbocycles. The Morgan fingerprint density at radius 2 is 1.88 bits per heavy atom. The van der Waals surface area contributed by atoms with Gasteiger partial charge in [0.25, 0.3) is 5.91 Å². The second kappa shape index (κ2) is 9.19. The van der Waals surface area contributed by atoms with E-state index in [0.717, 1.165) is 23.4 Å². The lowest BCUT2D eigenvalue weighted by Gasteiger charge is -2.31. The van der Waals surface area contributed by atoms with Gasteiger partial charge in [-0.1, -0.05) is 26.0 Å². The summed E-state index contributed by atoms with van der Waals surface area (Å²) in [7, 11) is 0. The van der Waals surface area contributed by atoms with Crippen LogP contribution >= 0.6 is 12.4 Å². The van der Waals surface area contributed by atoms with Crippen molar-refractivity contribution in [3.8, 4) is 0 Å². The second-order valence-electron chi connectivity index (χ2n) is 7.60. The monoisotopic (exact) mass is 378 g/mol. The fourth-order valence-corrected chi connectivity index (χ4v) is 3.20. The summed E-state index contributed by atoms with van der Waals surface area (Å²) in [5.74, 6) is 0.392. The van der Waals surface area contributed by atoms with Crippen LogP contribution in [-0.2, 0) is 6.54 Å². The van der Waals surface area contributed by atoms with Gasteiger partial charge in [-0.3, -0.25) is 9.48 Å². The summed E-state index contributed by atoms with van der Waals surface area (Å²) < 4.78 is 1.97. The molecule has 1 aromatic heterocycles. The maximum atomic E-state index is 12.5. The van der Waals surface area contributed by atoms with Crippen LogP contribution in [0.2, 0.25) is 0 Å². The molecule has 2 aromatic rings. The zero-order chi connectivity index (χ0) is 18.6. The summed E-state index contributed by atoms with van der Waals surface area (Å²) in [4.78, 5) is 12.5. The third-order valence-corrected chi connectivity index (χ3v) is 4.38. The molecule has 1 amide bonds. The third-order valence-electron chi connectivity index (χ3n) is 4.38. The molecule has 3 N–H and O–H groups in total. The highest BCUT2D eigenvalue weighted by Crippen LogP contribution is 2.17. The van der Waals surface area contributed by atoms with Gasteiger partial charge in [-0.15, -0.1) is 12.4 Å². The number of nitrogens with one attached hydrogen (secondary N) is 1. The van der Waals surface area contributed by atoms with Crippen LogP contribution in [0.4, 0.5) is 0 Å². The summed E-state index contributed by atoms with van der Waals surface area (Å²) in [6.07, 6.45) is 0.852. The van der Waals surface area contributed by atoms with Crippen LogP contribution in [0.15, 0.2) is 30.3 Å². The Labute approximate surface area is 162 Å². The Bertz CT molecular complexity index is 724. The SMILES string of the molecule is Cc1cc(C)n(Cc2ccc(C(=O)NC(C)(CN)CC(C)C)cc2)n1.Cl. The summed E-state index contributed by atoms with van der Waals surface area (Å²) in [5.41, 5.74) is 9.42. The van der Waals surface area contributed by atoms with Gasteiger partial charge in [-0.05, 0) is 56.9 Å². The van der Waals surface area contributed by atoms with Gasteiger partial charge in [0.05, 0.1) is 12.2 Å². The predicted molar refractivity (Wildman–Crippen MR) is 109 cm³/mol. The summed E-state index contributed by atoms with van der Waals surface area (Å²) >= 11 is 0. The molecule has 0 fully saturated rings. The number of aromatic nitrogens is 2. The molecule has 0 aliphatic heterocycles. The summed E-state index contributed by atoms with van der Waals surface area (Å²) in [5, 5.41) is 7.56. The maximum absolute atomic E-state index is 12.5. The number of hydrogen-bond acceptors (Lipinski definition) is 3. The minimum atomic E-state index is -0.381. The van der Waals surface area contributed by atoms with Crippen LogP contribution in [0, 0.1) is 19.8 Å². The Morgan fingerprint density at radius 1 is 1.27 bits per heavy atom. The fourth-order valence-electron chi connectivity index (χ4n) is 3.20. The van der Waals surface area contributed by atoms with E-state index >= 15 is 0 Å². The molecule has 1 unspecified atom stereocenters. The Morgan fingerprint density at radius 3 is 2.35 bits per heavy atom. The molecule has 0 saturated heterocycles. The predicted octanol–water partition coefficient (Wildman–Crippen LogP) is 3.46. The normalized spacial score (nSPS) is 13.2. The minimum Gasteiger partial charge on any atom is -0.346 e. The van der Waals surface area contributed by atoms with Crippen LogP contribution in [0.3, 0.4) is 0 Å². The van der Waals surface area contributed by atoms with E-state index in [0.29, 0.717) is 24.6 Å². The number of halogens is 1. The van der Waals surface area contributed by atoms with Crippen LogP contribution in [0.1, 0.15) is 54.5 Å². The van der Waals surface area contributed by atoms with Crippen LogP contribution < -0.4 is 11.1 Å². The van der Waals surface area contributed by atoms with Crippen molar-refractivity contribution >= 4 is 18.3 Å². The van der Waals surface area contributed by atoms with Gasteiger partial charge in [0.2, 0.25) is 0 Å². The zero-order valence-electron chi connectivity index (χ0n) is 16.4. The Hall–Kier alpha value is -1.85. The Balaban J connectivity index is 0.00000338. The first-order chi connectivity index (χ1) is 11.7. The second-order valence-corrected chi connectivity index (χ2v) is 7.60. The number of carbonyl (C=O) groups is 1. The minimum absolute atomic E-state index is 0. The van der Waals surface area contributed by atoms with E-state index in [-0.39, 0.29) is 23.9 Å². The smallest absolute Gasteiger partial charge is 0.251 e. The van der Waals surface area contributed by atoms with Gasteiger partial charge in [-0.25, -0.2) is 0 Å².